The van der Waals surface area contributed by atoms with Gasteiger partial charge >= 0.3 is 0 Å². The predicted molar refractivity (Wildman–Crippen MR) is 75.7 cm³/mol. The summed E-state index contributed by atoms with van der Waals surface area (Å²) in [7, 11) is 0. The van der Waals surface area contributed by atoms with Crippen LogP contribution in [-0.4, -0.2) is 9.97 Å². The quantitative estimate of drug-likeness (QED) is 0.622. The van der Waals surface area contributed by atoms with Gasteiger partial charge in [0.15, 0.2) is 5.15 Å². The Bertz CT molecular complexity index is 609. The van der Waals surface area contributed by atoms with Crippen LogP contribution >= 0.6 is 50.7 Å². The van der Waals surface area contributed by atoms with Crippen LogP contribution in [0.1, 0.15) is 0 Å². The van der Waals surface area contributed by atoms with Crippen LogP contribution in [0.5, 0.6) is 11.6 Å². The number of hydrogen-bond donors (Lipinski definition) is 1. The molecule has 0 spiro atoms. The zero-order valence-corrected chi connectivity index (χ0v) is 12.5. The first kappa shape index (κ1) is 13.7. The van der Waals surface area contributed by atoms with Crippen molar-refractivity contribution in [2.24, 2.45) is 0 Å². The lowest BCUT2D eigenvalue weighted by Crippen LogP contribution is -1.97. The van der Waals surface area contributed by atoms with Gasteiger partial charge in [-0.2, -0.15) is 4.98 Å². The van der Waals surface area contributed by atoms with E-state index in [1.807, 2.05) is 0 Å². The second-order valence-electron chi connectivity index (χ2n) is 3.18. The summed E-state index contributed by atoms with van der Waals surface area (Å²) in [6.45, 7) is 0. The van der Waals surface area contributed by atoms with Crippen molar-refractivity contribution in [3.63, 3.8) is 0 Å². The molecule has 8 heteroatoms. The maximum Gasteiger partial charge on any atom is 0.247 e. The molecule has 4 nitrogen and oxygen atoms in total. The maximum atomic E-state index is 6.01. The molecule has 1 heterocycles. The molecule has 94 valence electrons. The maximum absolute atomic E-state index is 6.01. The molecule has 0 aliphatic rings. The standard InChI is InChI=1S/C10H5BrCl3N3O/c11-4-1-6(13)7(2-5(4)12)18-10-8(15)9(14)16-3-17-10/h1-3H,15H2. The van der Waals surface area contributed by atoms with Crippen molar-refractivity contribution in [3.8, 4) is 11.6 Å². The Morgan fingerprint density at radius 2 is 1.83 bits per heavy atom. The molecule has 0 aliphatic carbocycles. The molecule has 0 bridgehead atoms. The summed E-state index contributed by atoms with van der Waals surface area (Å²) in [6.07, 6.45) is 1.24. The molecule has 0 saturated carbocycles. The van der Waals surface area contributed by atoms with Gasteiger partial charge in [0.05, 0.1) is 10.0 Å². The van der Waals surface area contributed by atoms with Gasteiger partial charge in [-0.25, -0.2) is 4.98 Å². The van der Waals surface area contributed by atoms with Gasteiger partial charge in [0.2, 0.25) is 5.88 Å². The van der Waals surface area contributed by atoms with Crippen LogP contribution in [0.25, 0.3) is 0 Å². The average molecular weight is 369 g/mol. The van der Waals surface area contributed by atoms with Gasteiger partial charge in [-0.05, 0) is 22.0 Å². The average Bonchev–Trinajstić information content (AvgIpc) is 2.32. The molecule has 2 N–H and O–H groups in total. The van der Waals surface area contributed by atoms with Crippen molar-refractivity contribution in [3.05, 3.63) is 38.1 Å². The summed E-state index contributed by atoms with van der Waals surface area (Å²) in [5.41, 5.74) is 5.81. The summed E-state index contributed by atoms with van der Waals surface area (Å²) in [4.78, 5) is 7.59. The molecule has 0 amide bonds. The number of hydrogen-bond acceptors (Lipinski definition) is 4. The summed E-state index contributed by atoms with van der Waals surface area (Å²) < 4.78 is 6.12. The predicted octanol–water partition coefficient (Wildman–Crippen LogP) is 4.57. The topological polar surface area (TPSA) is 61.0 Å². The van der Waals surface area contributed by atoms with Crippen LogP contribution in [0.3, 0.4) is 0 Å². The van der Waals surface area contributed by atoms with Crippen LogP contribution in [0.15, 0.2) is 22.9 Å². The Balaban J connectivity index is 2.40. The highest BCUT2D eigenvalue weighted by atomic mass is 79.9. The van der Waals surface area contributed by atoms with E-state index in [1.165, 1.54) is 6.33 Å². The first-order chi connectivity index (χ1) is 8.49. The molecule has 0 saturated heterocycles. The molecule has 2 rings (SSSR count). The number of benzene rings is 1. The van der Waals surface area contributed by atoms with Crippen LogP contribution in [0.4, 0.5) is 5.69 Å². The number of nitrogens with two attached hydrogens (primary N) is 1. The monoisotopic (exact) mass is 367 g/mol. The van der Waals surface area contributed by atoms with E-state index in [0.29, 0.717) is 20.3 Å². The number of rotatable bonds is 2. The summed E-state index contributed by atoms with van der Waals surface area (Å²) in [5.74, 6) is 0.446. The van der Waals surface area contributed by atoms with Gasteiger partial charge in [0, 0.05) is 10.5 Å². The molecular weight excluding hydrogens is 364 g/mol. The number of halogens is 4. The minimum atomic E-state index is 0.110. The Morgan fingerprint density at radius 1 is 1.11 bits per heavy atom. The van der Waals surface area contributed by atoms with E-state index in [4.69, 9.17) is 45.3 Å². The van der Waals surface area contributed by atoms with E-state index in [0.717, 1.165) is 0 Å². The van der Waals surface area contributed by atoms with Crippen molar-refractivity contribution in [1.29, 1.82) is 0 Å². The highest BCUT2D eigenvalue weighted by Crippen LogP contribution is 2.37. The fraction of sp³-hybridized carbons (Fsp3) is 0. The molecular formula is C10H5BrCl3N3O. The Hall–Kier alpha value is -0.750. The number of anilines is 1. The number of nitrogen functional groups attached to an aromatic ring is 1. The number of ether oxygens (including phenoxy) is 1. The Morgan fingerprint density at radius 3 is 2.56 bits per heavy atom. The van der Waals surface area contributed by atoms with E-state index in [1.54, 1.807) is 12.1 Å². The third kappa shape index (κ3) is 2.80. The summed E-state index contributed by atoms with van der Waals surface area (Å²) >= 11 is 21.0. The van der Waals surface area contributed by atoms with Crippen LogP contribution in [0.2, 0.25) is 15.2 Å². The highest BCUT2D eigenvalue weighted by Gasteiger charge is 2.12. The largest absolute Gasteiger partial charge is 0.435 e. The van der Waals surface area contributed by atoms with E-state index in [-0.39, 0.29) is 16.7 Å². The van der Waals surface area contributed by atoms with Gasteiger partial charge in [-0.1, -0.05) is 34.8 Å². The Kier molecular flexibility index (Phi) is 4.17. The molecule has 0 radical (unpaired) electrons. The fourth-order valence-corrected chi connectivity index (χ4v) is 2.08. The van der Waals surface area contributed by atoms with Gasteiger partial charge in [0.1, 0.15) is 17.8 Å². The van der Waals surface area contributed by atoms with Crippen LogP contribution in [0, 0.1) is 0 Å². The molecule has 2 aromatic rings. The minimum Gasteiger partial charge on any atom is -0.435 e. The van der Waals surface area contributed by atoms with Gasteiger partial charge in [-0.15, -0.1) is 0 Å². The zero-order valence-electron chi connectivity index (χ0n) is 8.62. The van der Waals surface area contributed by atoms with E-state index in [2.05, 4.69) is 25.9 Å². The first-order valence-corrected chi connectivity index (χ1v) is 6.50. The van der Waals surface area contributed by atoms with E-state index >= 15 is 0 Å². The molecule has 0 atom stereocenters. The molecule has 1 aromatic heterocycles. The normalized spacial score (nSPS) is 10.4. The van der Waals surface area contributed by atoms with Gasteiger partial charge in [0.25, 0.3) is 0 Å². The fourth-order valence-electron chi connectivity index (χ4n) is 1.13. The van der Waals surface area contributed by atoms with E-state index < -0.39 is 0 Å². The van der Waals surface area contributed by atoms with Crippen molar-refractivity contribution < 1.29 is 4.74 Å². The van der Waals surface area contributed by atoms with Gasteiger partial charge < -0.3 is 10.5 Å². The van der Waals surface area contributed by atoms with Crippen molar-refractivity contribution in [1.82, 2.24) is 9.97 Å². The molecule has 0 aliphatic heterocycles. The van der Waals surface area contributed by atoms with Crippen molar-refractivity contribution >= 4 is 56.4 Å². The number of nitrogens with zero attached hydrogens (tertiary/aromatic N) is 2. The summed E-state index contributed by atoms with van der Waals surface area (Å²) in [6, 6.07) is 3.15. The highest BCUT2D eigenvalue weighted by molar-refractivity contribution is 9.10. The smallest absolute Gasteiger partial charge is 0.247 e. The van der Waals surface area contributed by atoms with Gasteiger partial charge in [-0.3, -0.25) is 0 Å². The van der Waals surface area contributed by atoms with Crippen molar-refractivity contribution in [2.45, 2.75) is 0 Å². The van der Waals surface area contributed by atoms with E-state index in [9.17, 15) is 0 Å². The number of aromatic nitrogens is 2. The second-order valence-corrected chi connectivity index (χ2v) is 5.21. The minimum absolute atomic E-state index is 0.110. The van der Waals surface area contributed by atoms with Crippen molar-refractivity contribution in [2.75, 3.05) is 5.73 Å². The molecule has 18 heavy (non-hydrogen) atoms. The third-order valence-electron chi connectivity index (χ3n) is 1.98. The molecule has 0 unspecified atom stereocenters. The SMILES string of the molecule is Nc1c(Cl)ncnc1Oc1cc(Cl)c(Br)cc1Cl. The van der Waals surface area contributed by atoms with Crippen LogP contribution < -0.4 is 10.5 Å². The molecule has 1 aromatic carbocycles. The second kappa shape index (κ2) is 5.48. The Labute approximate surface area is 126 Å². The lowest BCUT2D eigenvalue weighted by molar-refractivity contribution is 0.464. The first-order valence-electron chi connectivity index (χ1n) is 4.57. The lowest BCUT2D eigenvalue weighted by Gasteiger charge is -2.10. The third-order valence-corrected chi connectivity index (χ3v) is 3.77. The van der Waals surface area contributed by atoms with Crippen LogP contribution in [-0.2, 0) is 0 Å². The summed E-state index contributed by atoms with van der Waals surface area (Å²) in [5, 5.41) is 0.924. The lowest BCUT2D eigenvalue weighted by atomic mass is 10.3. The molecule has 0 fully saturated rings. The zero-order chi connectivity index (χ0) is 13.3.